The van der Waals surface area contributed by atoms with Crippen molar-refractivity contribution in [3.63, 3.8) is 0 Å². The van der Waals surface area contributed by atoms with Crippen LogP contribution in [0.1, 0.15) is 11.3 Å². The fourth-order valence-electron chi connectivity index (χ4n) is 1.76. The lowest BCUT2D eigenvalue weighted by molar-refractivity contribution is 0.592. The zero-order chi connectivity index (χ0) is 14.2. The fourth-order valence-corrected chi connectivity index (χ4v) is 3.59. The van der Waals surface area contributed by atoms with E-state index in [0.29, 0.717) is 16.4 Å². The Labute approximate surface area is 116 Å². The molecule has 102 valence electrons. The third-order valence-corrected chi connectivity index (χ3v) is 4.77. The topological polar surface area (TPSA) is 90.9 Å². The smallest absolute Gasteiger partial charge is 0.202 e. The second kappa shape index (κ2) is 4.82. The minimum absolute atomic E-state index is 0.125. The summed E-state index contributed by atoms with van der Waals surface area (Å²) in [6.07, 6.45) is 1.39. The van der Waals surface area contributed by atoms with Crippen LogP contribution in [-0.2, 0) is 22.6 Å². The van der Waals surface area contributed by atoms with E-state index >= 15 is 0 Å². The maximum atomic E-state index is 12.3. The summed E-state index contributed by atoms with van der Waals surface area (Å²) in [7, 11) is -2.00. The lowest BCUT2D eigenvalue weighted by Crippen LogP contribution is -2.10. The highest BCUT2D eigenvalue weighted by Gasteiger charge is 2.24. The molecule has 0 fully saturated rings. The van der Waals surface area contributed by atoms with Gasteiger partial charge >= 0.3 is 0 Å². The van der Waals surface area contributed by atoms with E-state index in [2.05, 4.69) is 10.1 Å². The first-order chi connectivity index (χ1) is 8.83. The van der Waals surface area contributed by atoms with Crippen LogP contribution in [0, 0.1) is 6.92 Å². The molecular formula is C11H13ClN4O2S. The number of nitrogens with two attached hydrogens (primary N) is 1. The fraction of sp³-hybridized carbons (Fsp3) is 0.273. The van der Waals surface area contributed by atoms with Crippen molar-refractivity contribution in [2.24, 2.45) is 7.05 Å². The monoisotopic (exact) mass is 300 g/mol. The molecule has 0 spiro atoms. The first-order valence-electron chi connectivity index (χ1n) is 5.44. The highest BCUT2D eigenvalue weighted by molar-refractivity contribution is 7.90. The summed E-state index contributed by atoms with van der Waals surface area (Å²) in [4.78, 5) is 3.83. The van der Waals surface area contributed by atoms with E-state index in [1.54, 1.807) is 20.0 Å². The highest BCUT2D eigenvalue weighted by Crippen LogP contribution is 2.25. The van der Waals surface area contributed by atoms with Gasteiger partial charge in [-0.3, -0.25) is 4.68 Å². The Morgan fingerprint density at radius 1 is 1.47 bits per heavy atom. The summed E-state index contributed by atoms with van der Waals surface area (Å²) in [5.41, 5.74) is 6.81. The molecule has 6 nitrogen and oxygen atoms in total. The van der Waals surface area contributed by atoms with Gasteiger partial charge in [0.05, 0.1) is 17.1 Å². The van der Waals surface area contributed by atoms with Crippen LogP contribution in [0.2, 0.25) is 5.15 Å². The summed E-state index contributed by atoms with van der Waals surface area (Å²) in [6.45, 7) is 1.71. The van der Waals surface area contributed by atoms with Crippen molar-refractivity contribution >= 4 is 27.1 Å². The van der Waals surface area contributed by atoms with Crippen LogP contribution in [0.3, 0.4) is 0 Å². The molecular weight excluding hydrogens is 288 g/mol. The van der Waals surface area contributed by atoms with Gasteiger partial charge in [0, 0.05) is 18.8 Å². The van der Waals surface area contributed by atoms with E-state index in [-0.39, 0.29) is 16.5 Å². The molecule has 2 heterocycles. The molecule has 0 amide bonds. The van der Waals surface area contributed by atoms with Gasteiger partial charge in [-0.15, -0.1) is 0 Å². The van der Waals surface area contributed by atoms with Crippen molar-refractivity contribution in [2.45, 2.75) is 17.7 Å². The molecule has 0 bridgehead atoms. The SMILES string of the molecule is Cc1nn(C)c(Cl)c1CS(=O)(=O)c1ncccc1N. The molecule has 2 aromatic heterocycles. The first-order valence-corrected chi connectivity index (χ1v) is 7.47. The summed E-state index contributed by atoms with van der Waals surface area (Å²) < 4.78 is 26.0. The van der Waals surface area contributed by atoms with E-state index in [1.807, 2.05) is 0 Å². The summed E-state index contributed by atoms with van der Waals surface area (Å²) in [6, 6.07) is 3.08. The average Bonchev–Trinajstić information content (AvgIpc) is 2.56. The van der Waals surface area contributed by atoms with Gasteiger partial charge in [-0.05, 0) is 19.1 Å². The Hall–Kier alpha value is -1.60. The van der Waals surface area contributed by atoms with E-state index in [1.165, 1.54) is 16.9 Å². The molecule has 0 unspecified atom stereocenters. The Kier molecular flexibility index (Phi) is 3.51. The van der Waals surface area contributed by atoms with Crippen LogP contribution < -0.4 is 5.73 Å². The predicted octanol–water partition coefficient (Wildman–Crippen LogP) is 1.33. The number of anilines is 1. The second-order valence-electron chi connectivity index (χ2n) is 4.14. The van der Waals surface area contributed by atoms with E-state index in [9.17, 15) is 8.42 Å². The summed E-state index contributed by atoms with van der Waals surface area (Å²) in [5, 5.41) is 4.25. The number of hydrogen-bond donors (Lipinski definition) is 1. The predicted molar refractivity (Wildman–Crippen MR) is 72.5 cm³/mol. The normalized spacial score (nSPS) is 11.7. The van der Waals surface area contributed by atoms with Gasteiger partial charge in [0.15, 0.2) is 5.03 Å². The first kappa shape index (κ1) is 13.8. The van der Waals surface area contributed by atoms with Gasteiger partial charge in [-0.1, -0.05) is 11.6 Å². The molecule has 0 atom stereocenters. The molecule has 0 aromatic carbocycles. The number of aromatic nitrogens is 3. The highest BCUT2D eigenvalue weighted by atomic mass is 35.5. The van der Waals surface area contributed by atoms with Crippen LogP contribution in [0.25, 0.3) is 0 Å². The Morgan fingerprint density at radius 3 is 2.68 bits per heavy atom. The third kappa shape index (κ3) is 2.57. The zero-order valence-corrected chi connectivity index (χ0v) is 12.0. The van der Waals surface area contributed by atoms with Crippen molar-refractivity contribution in [1.82, 2.24) is 14.8 Å². The molecule has 19 heavy (non-hydrogen) atoms. The van der Waals surface area contributed by atoms with Crippen molar-refractivity contribution in [1.29, 1.82) is 0 Å². The van der Waals surface area contributed by atoms with Crippen LogP contribution >= 0.6 is 11.6 Å². The van der Waals surface area contributed by atoms with Crippen LogP contribution in [0.5, 0.6) is 0 Å². The van der Waals surface area contributed by atoms with Gasteiger partial charge in [0.1, 0.15) is 5.15 Å². The molecule has 0 aliphatic carbocycles. The van der Waals surface area contributed by atoms with Crippen LogP contribution in [0.15, 0.2) is 23.4 Å². The minimum atomic E-state index is -3.65. The number of nitrogens with zero attached hydrogens (tertiary/aromatic N) is 3. The van der Waals surface area contributed by atoms with E-state index in [0.717, 1.165) is 0 Å². The Balaban J connectivity index is 2.46. The van der Waals surface area contributed by atoms with Gasteiger partial charge in [0.25, 0.3) is 0 Å². The Bertz CT molecular complexity index is 724. The van der Waals surface area contributed by atoms with Crippen molar-refractivity contribution in [2.75, 3.05) is 5.73 Å². The van der Waals surface area contributed by atoms with E-state index in [4.69, 9.17) is 17.3 Å². The van der Waals surface area contributed by atoms with Gasteiger partial charge in [-0.25, -0.2) is 13.4 Å². The molecule has 0 saturated heterocycles. The lowest BCUT2D eigenvalue weighted by atomic mass is 10.3. The number of pyridine rings is 1. The number of hydrogen-bond acceptors (Lipinski definition) is 5. The van der Waals surface area contributed by atoms with Crippen molar-refractivity contribution < 1.29 is 8.42 Å². The molecule has 2 N–H and O–H groups in total. The standard InChI is InChI=1S/C11H13ClN4O2S/c1-7-8(10(12)16(2)15-7)6-19(17,18)11-9(13)4-3-5-14-11/h3-5H,6,13H2,1-2H3. The van der Waals surface area contributed by atoms with Crippen LogP contribution in [0.4, 0.5) is 5.69 Å². The third-order valence-electron chi connectivity index (χ3n) is 2.70. The van der Waals surface area contributed by atoms with Crippen LogP contribution in [-0.4, -0.2) is 23.2 Å². The molecule has 2 rings (SSSR count). The van der Waals surface area contributed by atoms with E-state index < -0.39 is 9.84 Å². The molecule has 2 aromatic rings. The number of nitrogen functional groups attached to an aromatic ring is 1. The van der Waals surface area contributed by atoms with Gasteiger partial charge in [0.2, 0.25) is 9.84 Å². The maximum Gasteiger partial charge on any atom is 0.202 e. The number of halogens is 1. The molecule has 0 saturated carbocycles. The van der Waals surface area contributed by atoms with Crippen molar-refractivity contribution in [3.8, 4) is 0 Å². The van der Waals surface area contributed by atoms with Crippen molar-refractivity contribution in [3.05, 3.63) is 34.7 Å². The lowest BCUT2D eigenvalue weighted by Gasteiger charge is -2.06. The number of aryl methyl sites for hydroxylation is 2. The molecule has 8 heteroatoms. The van der Waals surface area contributed by atoms with Gasteiger partial charge in [-0.2, -0.15) is 5.10 Å². The summed E-state index contributed by atoms with van der Waals surface area (Å²) >= 11 is 6.03. The zero-order valence-electron chi connectivity index (χ0n) is 10.5. The number of rotatable bonds is 3. The Morgan fingerprint density at radius 2 is 2.16 bits per heavy atom. The average molecular weight is 301 g/mol. The minimum Gasteiger partial charge on any atom is -0.396 e. The maximum absolute atomic E-state index is 12.3. The molecule has 0 aliphatic rings. The number of sulfone groups is 1. The summed E-state index contributed by atoms with van der Waals surface area (Å²) in [5.74, 6) is -0.271. The quantitative estimate of drug-likeness (QED) is 0.923. The largest absolute Gasteiger partial charge is 0.396 e. The second-order valence-corrected chi connectivity index (χ2v) is 6.40. The molecule has 0 aliphatic heterocycles. The molecule has 0 radical (unpaired) electrons. The van der Waals surface area contributed by atoms with Gasteiger partial charge < -0.3 is 5.73 Å².